The van der Waals surface area contributed by atoms with Crippen molar-refractivity contribution in [1.82, 2.24) is 5.32 Å². The van der Waals surface area contributed by atoms with Gasteiger partial charge in [-0.3, -0.25) is 0 Å². The van der Waals surface area contributed by atoms with E-state index >= 15 is 0 Å². The third-order valence-corrected chi connectivity index (χ3v) is 3.23. The molecule has 0 unspecified atom stereocenters. The van der Waals surface area contributed by atoms with Crippen LogP contribution in [-0.2, 0) is 6.54 Å². The van der Waals surface area contributed by atoms with Gasteiger partial charge in [0.15, 0.2) is 0 Å². The summed E-state index contributed by atoms with van der Waals surface area (Å²) in [5, 5.41) is 3.13. The molecule has 2 nitrogen and oxygen atoms in total. The molecule has 1 N–H and O–H groups in total. The number of ether oxygens (including phenoxy) is 1. The van der Waals surface area contributed by atoms with Gasteiger partial charge in [-0.25, -0.2) is 0 Å². The number of rotatable bonds is 4. The quantitative estimate of drug-likeness (QED) is 0.856. The summed E-state index contributed by atoms with van der Waals surface area (Å²) in [7, 11) is 1.94. The van der Waals surface area contributed by atoms with Crippen LogP contribution in [0.5, 0.6) is 11.5 Å². The van der Waals surface area contributed by atoms with Crippen molar-refractivity contribution in [2.45, 2.75) is 6.54 Å². The van der Waals surface area contributed by atoms with E-state index in [-0.39, 0.29) is 0 Å². The Morgan fingerprint density at radius 3 is 2.71 bits per heavy atom. The number of hydrogen-bond donors (Lipinski definition) is 1. The molecule has 3 heteroatoms. The summed E-state index contributed by atoms with van der Waals surface area (Å²) >= 11 is 2.28. The van der Waals surface area contributed by atoms with Crippen LogP contribution in [0.2, 0.25) is 0 Å². The Hall–Kier alpha value is -1.07. The van der Waals surface area contributed by atoms with Gasteiger partial charge in [0.05, 0.1) is 3.57 Å². The van der Waals surface area contributed by atoms with E-state index in [0.717, 1.165) is 21.6 Å². The Bertz CT molecular complexity index is 499. The van der Waals surface area contributed by atoms with Crippen molar-refractivity contribution >= 4 is 22.6 Å². The zero-order valence-electron chi connectivity index (χ0n) is 9.61. The first-order chi connectivity index (χ1) is 8.29. The van der Waals surface area contributed by atoms with E-state index in [2.05, 4.69) is 40.0 Å². The van der Waals surface area contributed by atoms with Crippen molar-refractivity contribution in [1.29, 1.82) is 0 Å². The minimum Gasteiger partial charge on any atom is -0.456 e. The molecule has 0 radical (unpaired) electrons. The fourth-order valence-corrected chi connectivity index (χ4v) is 2.08. The maximum atomic E-state index is 5.86. The van der Waals surface area contributed by atoms with Gasteiger partial charge >= 0.3 is 0 Å². The van der Waals surface area contributed by atoms with Crippen LogP contribution in [0, 0.1) is 3.57 Å². The van der Waals surface area contributed by atoms with Gasteiger partial charge in [0.1, 0.15) is 11.5 Å². The third-order valence-electron chi connectivity index (χ3n) is 2.34. The van der Waals surface area contributed by atoms with Crippen molar-refractivity contribution in [3.05, 3.63) is 57.7 Å². The first kappa shape index (κ1) is 12.4. The Morgan fingerprint density at radius 1 is 1.12 bits per heavy atom. The summed E-state index contributed by atoms with van der Waals surface area (Å²) in [5.41, 5.74) is 1.22. The van der Waals surface area contributed by atoms with E-state index in [1.165, 1.54) is 5.56 Å². The average Bonchev–Trinajstić information content (AvgIpc) is 2.33. The molecule has 88 valence electrons. The highest BCUT2D eigenvalue weighted by Gasteiger charge is 2.01. The SMILES string of the molecule is CNCc1cccc(Oc2ccccc2I)c1. The van der Waals surface area contributed by atoms with Gasteiger partial charge in [-0.2, -0.15) is 0 Å². The highest BCUT2D eigenvalue weighted by Crippen LogP contribution is 2.26. The molecule has 0 amide bonds. The Morgan fingerprint density at radius 2 is 1.94 bits per heavy atom. The van der Waals surface area contributed by atoms with E-state index in [0.29, 0.717) is 0 Å². The summed E-state index contributed by atoms with van der Waals surface area (Å²) in [4.78, 5) is 0. The van der Waals surface area contributed by atoms with Crippen LogP contribution in [0.3, 0.4) is 0 Å². The smallest absolute Gasteiger partial charge is 0.140 e. The number of halogens is 1. The molecule has 2 aromatic rings. The molecule has 2 rings (SSSR count). The standard InChI is InChI=1S/C14H14INO/c1-16-10-11-5-4-6-12(9-11)17-14-8-3-2-7-13(14)15/h2-9,16H,10H2,1H3. The molecule has 0 fully saturated rings. The van der Waals surface area contributed by atoms with Gasteiger partial charge in [0.2, 0.25) is 0 Å². The molecule has 0 saturated heterocycles. The molecule has 0 aromatic heterocycles. The van der Waals surface area contributed by atoms with Gasteiger partial charge in [-0.1, -0.05) is 24.3 Å². The number of hydrogen-bond acceptors (Lipinski definition) is 2. The molecule has 0 aliphatic carbocycles. The summed E-state index contributed by atoms with van der Waals surface area (Å²) in [6.45, 7) is 0.850. The molecular weight excluding hydrogens is 325 g/mol. The monoisotopic (exact) mass is 339 g/mol. The van der Waals surface area contributed by atoms with Gasteiger partial charge in [-0.15, -0.1) is 0 Å². The van der Waals surface area contributed by atoms with E-state index in [4.69, 9.17) is 4.74 Å². The van der Waals surface area contributed by atoms with Crippen molar-refractivity contribution in [2.24, 2.45) is 0 Å². The van der Waals surface area contributed by atoms with Crippen molar-refractivity contribution in [2.75, 3.05) is 7.05 Å². The van der Waals surface area contributed by atoms with E-state index in [1.54, 1.807) is 0 Å². The van der Waals surface area contributed by atoms with Crippen LogP contribution in [0.1, 0.15) is 5.56 Å². The van der Waals surface area contributed by atoms with Crippen molar-refractivity contribution < 1.29 is 4.74 Å². The largest absolute Gasteiger partial charge is 0.456 e. The maximum Gasteiger partial charge on any atom is 0.140 e. The molecule has 0 spiro atoms. The summed E-state index contributed by atoms with van der Waals surface area (Å²) in [6, 6.07) is 16.1. The zero-order valence-corrected chi connectivity index (χ0v) is 11.8. The second-order valence-corrected chi connectivity index (χ2v) is 4.87. The normalized spacial score (nSPS) is 10.2. The predicted molar refractivity (Wildman–Crippen MR) is 78.4 cm³/mol. The minimum absolute atomic E-state index is 0.850. The van der Waals surface area contributed by atoms with Crippen LogP contribution in [0.25, 0.3) is 0 Å². The summed E-state index contributed by atoms with van der Waals surface area (Å²) < 4.78 is 6.98. The van der Waals surface area contributed by atoms with Crippen LogP contribution in [-0.4, -0.2) is 7.05 Å². The fraction of sp³-hybridized carbons (Fsp3) is 0.143. The molecule has 0 saturated carbocycles. The predicted octanol–water partition coefficient (Wildman–Crippen LogP) is 3.80. The molecule has 0 aliphatic rings. The topological polar surface area (TPSA) is 21.3 Å². The zero-order chi connectivity index (χ0) is 12.1. The Labute approximate surface area is 115 Å². The van der Waals surface area contributed by atoms with Crippen LogP contribution < -0.4 is 10.1 Å². The van der Waals surface area contributed by atoms with E-state index in [1.807, 2.05) is 43.4 Å². The maximum absolute atomic E-state index is 5.86. The Kier molecular flexibility index (Phi) is 4.39. The second kappa shape index (κ2) is 6.02. The number of benzene rings is 2. The van der Waals surface area contributed by atoms with Crippen molar-refractivity contribution in [3.63, 3.8) is 0 Å². The third kappa shape index (κ3) is 3.44. The van der Waals surface area contributed by atoms with E-state index in [9.17, 15) is 0 Å². The molecular formula is C14H14INO. The second-order valence-electron chi connectivity index (χ2n) is 3.71. The fourth-order valence-electron chi connectivity index (χ4n) is 1.58. The first-order valence-electron chi connectivity index (χ1n) is 5.45. The molecule has 0 aliphatic heterocycles. The lowest BCUT2D eigenvalue weighted by atomic mass is 10.2. The van der Waals surface area contributed by atoms with Gasteiger partial charge < -0.3 is 10.1 Å². The van der Waals surface area contributed by atoms with Gasteiger partial charge in [-0.05, 0) is 59.5 Å². The number of nitrogens with one attached hydrogen (secondary N) is 1. The first-order valence-corrected chi connectivity index (χ1v) is 6.53. The molecule has 0 heterocycles. The van der Waals surface area contributed by atoms with E-state index < -0.39 is 0 Å². The number of para-hydroxylation sites is 1. The molecule has 17 heavy (non-hydrogen) atoms. The molecule has 2 aromatic carbocycles. The van der Waals surface area contributed by atoms with Crippen LogP contribution >= 0.6 is 22.6 Å². The lowest BCUT2D eigenvalue weighted by molar-refractivity contribution is 0.478. The van der Waals surface area contributed by atoms with Crippen molar-refractivity contribution in [3.8, 4) is 11.5 Å². The molecule has 0 atom stereocenters. The van der Waals surface area contributed by atoms with Gasteiger partial charge in [0, 0.05) is 6.54 Å². The highest BCUT2D eigenvalue weighted by atomic mass is 127. The summed E-state index contributed by atoms with van der Waals surface area (Å²) in [6.07, 6.45) is 0. The lowest BCUT2D eigenvalue weighted by Crippen LogP contribution is -2.04. The van der Waals surface area contributed by atoms with Crippen LogP contribution in [0.15, 0.2) is 48.5 Å². The minimum atomic E-state index is 0.850. The highest BCUT2D eigenvalue weighted by molar-refractivity contribution is 14.1. The molecule has 0 bridgehead atoms. The van der Waals surface area contributed by atoms with Gasteiger partial charge in [0.25, 0.3) is 0 Å². The summed E-state index contributed by atoms with van der Waals surface area (Å²) in [5.74, 6) is 1.77. The lowest BCUT2D eigenvalue weighted by Gasteiger charge is -2.08. The average molecular weight is 339 g/mol. The Balaban J connectivity index is 2.18. The van der Waals surface area contributed by atoms with Crippen LogP contribution in [0.4, 0.5) is 0 Å².